The van der Waals surface area contributed by atoms with Crippen LogP contribution in [-0.4, -0.2) is 24.5 Å². The van der Waals surface area contributed by atoms with E-state index in [0.717, 1.165) is 32.5 Å². The molecule has 1 aromatic carbocycles. The van der Waals surface area contributed by atoms with Crippen LogP contribution in [0.25, 0.3) is 0 Å². The SMILES string of the molecule is CCN1CCc2cc(Cl)c(Cl)cc2CC1. The number of nitrogens with zero attached hydrogens (tertiary/aromatic N) is 1. The molecule has 15 heavy (non-hydrogen) atoms. The molecule has 0 bridgehead atoms. The van der Waals surface area contributed by atoms with Crippen LogP contribution < -0.4 is 0 Å². The van der Waals surface area contributed by atoms with Gasteiger partial charge in [0, 0.05) is 13.1 Å². The Morgan fingerprint density at radius 3 is 1.93 bits per heavy atom. The maximum atomic E-state index is 6.02. The van der Waals surface area contributed by atoms with Crippen molar-refractivity contribution < 1.29 is 0 Å². The summed E-state index contributed by atoms with van der Waals surface area (Å²) in [5.74, 6) is 0. The molecular formula is C12H15Cl2N. The van der Waals surface area contributed by atoms with Crippen LogP contribution in [0.1, 0.15) is 18.1 Å². The Kier molecular flexibility index (Phi) is 3.55. The highest BCUT2D eigenvalue weighted by Gasteiger charge is 2.14. The van der Waals surface area contributed by atoms with Crippen LogP contribution in [0.3, 0.4) is 0 Å². The normalized spacial score (nSPS) is 17.3. The summed E-state index contributed by atoms with van der Waals surface area (Å²) in [6.07, 6.45) is 2.17. The van der Waals surface area contributed by atoms with Crippen LogP contribution in [0, 0.1) is 0 Å². The van der Waals surface area contributed by atoms with Gasteiger partial charge < -0.3 is 4.90 Å². The van der Waals surface area contributed by atoms with Crippen molar-refractivity contribution in [3.8, 4) is 0 Å². The number of halogens is 2. The molecule has 0 aliphatic carbocycles. The molecule has 82 valence electrons. The van der Waals surface area contributed by atoms with Crippen molar-refractivity contribution in [1.82, 2.24) is 4.90 Å². The first kappa shape index (κ1) is 11.3. The highest BCUT2D eigenvalue weighted by molar-refractivity contribution is 6.42. The molecule has 0 radical (unpaired) electrons. The molecule has 0 aromatic heterocycles. The average Bonchev–Trinajstić information content (AvgIpc) is 2.42. The Labute approximate surface area is 101 Å². The van der Waals surface area contributed by atoms with Gasteiger partial charge in [0.15, 0.2) is 0 Å². The number of fused-ring (bicyclic) bond motifs is 1. The lowest BCUT2D eigenvalue weighted by Crippen LogP contribution is -2.25. The lowest BCUT2D eigenvalue weighted by Gasteiger charge is -2.16. The van der Waals surface area contributed by atoms with E-state index in [0.29, 0.717) is 10.0 Å². The Hall–Kier alpha value is -0.240. The lowest BCUT2D eigenvalue weighted by atomic mass is 10.0. The average molecular weight is 244 g/mol. The van der Waals surface area contributed by atoms with Crippen molar-refractivity contribution in [1.29, 1.82) is 0 Å². The summed E-state index contributed by atoms with van der Waals surface area (Å²) in [4.78, 5) is 2.46. The molecule has 1 aliphatic rings. The lowest BCUT2D eigenvalue weighted by molar-refractivity contribution is 0.303. The summed E-state index contributed by atoms with van der Waals surface area (Å²) in [6, 6.07) is 4.05. The molecule has 2 rings (SSSR count). The molecular weight excluding hydrogens is 229 g/mol. The first-order valence-corrected chi connectivity index (χ1v) is 6.15. The molecule has 0 saturated heterocycles. The molecule has 1 nitrogen and oxygen atoms in total. The zero-order valence-electron chi connectivity index (χ0n) is 8.89. The third kappa shape index (κ3) is 2.47. The molecule has 1 aliphatic heterocycles. The predicted molar refractivity (Wildman–Crippen MR) is 66.0 cm³/mol. The number of rotatable bonds is 1. The second kappa shape index (κ2) is 4.73. The molecule has 3 heteroatoms. The van der Waals surface area contributed by atoms with Gasteiger partial charge in [-0.1, -0.05) is 30.1 Å². The summed E-state index contributed by atoms with van der Waals surface area (Å²) >= 11 is 12.0. The second-order valence-electron chi connectivity index (χ2n) is 3.97. The van der Waals surface area contributed by atoms with Gasteiger partial charge in [-0.3, -0.25) is 0 Å². The Morgan fingerprint density at radius 2 is 1.53 bits per heavy atom. The van der Waals surface area contributed by atoms with Crippen LogP contribution in [0.2, 0.25) is 10.0 Å². The van der Waals surface area contributed by atoms with E-state index < -0.39 is 0 Å². The van der Waals surface area contributed by atoms with E-state index in [9.17, 15) is 0 Å². The van der Waals surface area contributed by atoms with E-state index in [2.05, 4.69) is 11.8 Å². The standard InChI is InChI=1S/C12H15Cl2N/c1-2-15-5-3-9-7-11(13)12(14)8-10(9)4-6-15/h7-8H,2-6H2,1H3. The minimum atomic E-state index is 0.681. The fraction of sp³-hybridized carbons (Fsp3) is 0.500. The Balaban J connectivity index is 2.27. The van der Waals surface area contributed by atoms with Crippen molar-refractivity contribution in [2.45, 2.75) is 19.8 Å². The number of hydrogen-bond acceptors (Lipinski definition) is 1. The summed E-state index contributed by atoms with van der Waals surface area (Å²) in [5, 5.41) is 1.36. The monoisotopic (exact) mass is 243 g/mol. The summed E-state index contributed by atoms with van der Waals surface area (Å²) in [7, 11) is 0. The van der Waals surface area contributed by atoms with Crippen LogP contribution in [0.4, 0.5) is 0 Å². The van der Waals surface area contributed by atoms with E-state index in [1.165, 1.54) is 11.1 Å². The first-order valence-electron chi connectivity index (χ1n) is 5.40. The molecule has 0 saturated carbocycles. The fourth-order valence-electron chi connectivity index (χ4n) is 2.08. The van der Waals surface area contributed by atoms with Gasteiger partial charge in [-0.05, 0) is 42.6 Å². The minimum absolute atomic E-state index is 0.681. The van der Waals surface area contributed by atoms with Gasteiger partial charge in [-0.25, -0.2) is 0 Å². The Bertz CT molecular complexity index is 330. The predicted octanol–water partition coefficient (Wildman–Crippen LogP) is 3.41. The van der Waals surface area contributed by atoms with Gasteiger partial charge in [0.05, 0.1) is 10.0 Å². The number of hydrogen-bond donors (Lipinski definition) is 0. The van der Waals surface area contributed by atoms with E-state index >= 15 is 0 Å². The van der Waals surface area contributed by atoms with Gasteiger partial charge in [0.25, 0.3) is 0 Å². The van der Waals surface area contributed by atoms with Crippen LogP contribution in [0.5, 0.6) is 0 Å². The zero-order chi connectivity index (χ0) is 10.8. The molecule has 1 aromatic rings. The summed E-state index contributed by atoms with van der Waals surface area (Å²) < 4.78 is 0. The Morgan fingerprint density at radius 1 is 1.07 bits per heavy atom. The largest absolute Gasteiger partial charge is 0.303 e. The topological polar surface area (TPSA) is 3.24 Å². The van der Waals surface area contributed by atoms with E-state index in [-0.39, 0.29) is 0 Å². The molecule has 0 fully saturated rings. The highest BCUT2D eigenvalue weighted by atomic mass is 35.5. The van der Waals surface area contributed by atoms with E-state index in [4.69, 9.17) is 23.2 Å². The van der Waals surface area contributed by atoms with Gasteiger partial charge >= 0.3 is 0 Å². The quantitative estimate of drug-likeness (QED) is 0.731. The molecule has 0 N–H and O–H groups in total. The van der Waals surface area contributed by atoms with E-state index in [1.807, 2.05) is 12.1 Å². The van der Waals surface area contributed by atoms with Crippen LogP contribution in [-0.2, 0) is 12.8 Å². The molecule has 1 heterocycles. The van der Waals surface area contributed by atoms with E-state index in [1.54, 1.807) is 0 Å². The van der Waals surface area contributed by atoms with Crippen molar-refractivity contribution in [2.75, 3.05) is 19.6 Å². The number of likely N-dealkylation sites (N-methyl/N-ethyl adjacent to an activating group) is 1. The van der Waals surface area contributed by atoms with Crippen molar-refractivity contribution in [2.24, 2.45) is 0 Å². The second-order valence-corrected chi connectivity index (χ2v) is 4.78. The summed E-state index contributed by atoms with van der Waals surface area (Å²) in [5.41, 5.74) is 2.72. The van der Waals surface area contributed by atoms with Crippen molar-refractivity contribution >= 4 is 23.2 Å². The minimum Gasteiger partial charge on any atom is -0.303 e. The molecule has 0 atom stereocenters. The third-order valence-corrected chi connectivity index (χ3v) is 3.81. The van der Waals surface area contributed by atoms with Crippen molar-refractivity contribution in [3.63, 3.8) is 0 Å². The van der Waals surface area contributed by atoms with Crippen LogP contribution in [0.15, 0.2) is 12.1 Å². The summed E-state index contributed by atoms with van der Waals surface area (Å²) in [6.45, 7) is 5.58. The van der Waals surface area contributed by atoms with Crippen LogP contribution >= 0.6 is 23.2 Å². The van der Waals surface area contributed by atoms with Crippen molar-refractivity contribution in [3.05, 3.63) is 33.3 Å². The maximum absolute atomic E-state index is 6.02. The first-order chi connectivity index (χ1) is 7.20. The highest BCUT2D eigenvalue weighted by Crippen LogP contribution is 2.28. The van der Waals surface area contributed by atoms with Gasteiger partial charge in [0.2, 0.25) is 0 Å². The van der Waals surface area contributed by atoms with Gasteiger partial charge in [-0.2, -0.15) is 0 Å². The smallest absolute Gasteiger partial charge is 0.0595 e. The fourth-order valence-corrected chi connectivity index (χ4v) is 2.45. The molecule has 0 spiro atoms. The zero-order valence-corrected chi connectivity index (χ0v) is 10.4. The van der Waals surface area contributed by atoms with Gasteiger partial charge in [0.1, 0.15) is 0 Å². The van der Waals surface area contributed by atoms with Gasteiger partial charge in [-0.15, -0.1) is 0 Å². The maximum Gasteiger partial charge on any atom is 0.0595 e. The number of benzene rings is 1. The molecule has 0 unspecified atom stereocenters. The molecule has 0 amide bonds. The third-order valence-electron chi connectivity index (χ3n) is 3.08.